The lowest BCUT2D eigenvalue weighted by atomic mass is 10.1. The van der Waals surface area contributed by atoms with E-state index in [2.05, 4.69) is 15.4 Å². The van der Waals surface area contributed by atoms with Gasteiger partial charge < -0.3 is 20.4 Å². The minimum atomic E-state index is -0.105. The van der Waals surface area contributed by atoms with Gasteiger partial charge in [0.1, 0.15) is 11.6 Å². The molecule has 0 aliphatic carbocycles. The lowest BCUT2D eigenvalue weighted by molar-refractivity contribution is 0.0496. The lowest BCUT2D eigenvalue weighted by Crippen LogP contribution is -2.40. The van der Waals surface area contributed by atoms with Crippen LogP contribution in [0.25, 0.3) is 16.7 Å². The van der Waals surface area contributed by atoms with Crippen LogP contribution in [0.15, 0.2) is 30.3 Å². The van der Waals surface area contributed by atoms with Crippen molar-refractivity contribution in [3.05, 3.63) is 47.3 Å². The Morgan fingerprint density at radius 3 is 2.63 bits per heavy atom. The van der Waals surface area contributed by atoms with E-state index >= 15 is 0 Å². The molecular formula is C20H24N4O3. The highest BCUT2D eigenvalue weighted by Crippen LogP contribution is 2.32. The molecule has 7 heteroatoms. The second kappa shape index (κ2) is 7.19. The van der Waals surface area contributed by atoms with Crippen molar-refractivity contribution >= 4 is 16.7 Å². The number of aromatic hydroxyl groups is 1. The van der Waals surface area contributed by atoms with Gasteiger partial charge in [0.25, 0.3) is 0 Å². The van der Waals surface area contributed by atoms with Crippen LogP contribution in [0.3, 0.4) is 0 Å². The zero-order chi connectivity index (χ0) is 19.0. The molecule has 1 saturated heterocycles. The molecular weight excluding hydrogens is 344 g/mol. The largest absolute Gasteiger partial charge is 0.508 e. The molecule has 3 aromatic rings. The summed E-state index contributed by atoms with van der Waals surface area (Å²) in [5.41, 5.74) is 8.66. The van der Waals surface area contributed by atoms with E-state index in [1.807, 2.05) is 36.6 Å². The molecule has 27 heavy (non-hydrogen) atoms. The van der Waals surface area contributed by atoms with Gasteiger partial charge in [0.2, 0.25) is 0 Å². The van der Waals surface area contributed by atoms with Gasteiger partial charge in [-0.15, -0.1) is 0 Å². The van der Waals surface area contributed by atoms with Crippen LogP contribution in [-0.4, -0.2) is 51.1 Å². The highest BCUT2D eigenvalue weighted by Gasteiger charge is 2.19. The van der Waals surface area contributed by atoms with Gasteiger partial charge in [-0.3, -0.25) is 4.57 Å². The predicted octanol–water partition coefficient (Wildman–Crippen LogP) is 2.50. The smallest absolute Gasteiger partial charge is 0.115 e. The standard InChI is InChI=1S/C20H24N4O3/c1-13-11-15(26)3-6-19(13)24-14(2)21-18-5-4-17(16(12-25)20(18)24)22-23-7-9-27-10-8-23/h3-6,11,22,25-26H,7-10,12H2,1-2H3. The molecule has 1 aromatic heterocycles. The van der Waals surface area contributed by atoms with Crippen molar-refractivity contribution in [2.24, 2.45) is 0 Å². The molecule has 1 aliphatic heterocycles. The van der Waals surface area contributed by atoms with E-state index in [0.29, 0.717) is 13.2 Å². The maximum absolute atomic E-state index is 10.2. The molecule has 7 nitrogen and oxygen atoms in total. The summed E-state index contributed by atoms with van der Waals surface area (Å²) in [4.78, 5) is 4.68. The summed E-state index contributed by atoms with van der Waals surface area (Å²) in [6.07, 6.45) is 0. The summed E-state index contributed by atoms with van der Waals surface area (Å²) < 4.78 is 7.44. The van der Waals surface area contributed by atoms with Crippen LogP contribution in [0.1, 0.15) is 17.0 Å². The van der Waals surface area contributed by atoms with E-state index in [0.717, 1.165) is 52.4 Å². The summed E-state index contributed by atoms with van der Waals surface area (Å²) in [5.74, 6) is 1.06. The minimum Gasteiger partial charge on any atom is -0.508 e. The van der Waals surface area contributed by atoms with Crippen molar-refractivity contribution in [3.63, 3.8) is 0 Å². The number of phenolic OH excluding ortho intramolecular Hbond substituents is 1. The molecule has 2 heterocycles. The van der Waals surface area contributed by atoms with Crippen LogP contribution in [-0.2, 0) is 11.3 Å². The lowest BCUT2D eigenvalue weighted by Gasteiger charge is -2.29. The number of nitrogens with zero attached hydrogens (tertiary/aromatic N) is 3. The third-order valence-electron chi connectivity index (χ3n) is 4.96. The van der Waals surface area contributed by atoms with Gasteiger partial charge >= 0.3 is 0 Å². The number of imidazole rings is 1. The quantitative estimate of drug-likeness (QED) is 0.656. The number of nitrogens with one attached hydrogen (secondary N) is 1. The second-order valence-corrected chi connectivity index (χ2v) is 6.79. The maximum Gasteiger partial charge on any atom is 0.115 e. The summed E-state index contributed by atoms with van der Waals surface area (Å²) in [6.45, 7) is 6.75. The number of aliphatic hydroxyl groups is 1. The molecule has 3 N–H and O–H groups in total. The fraction of sp³-hybridized carbons (Fsp3) is 0.350. The third kappa shape index (κ3) is 3.25. The third-order valence-corrected chi connectivity index (χ3v) is 4.96. The topological polar surface area (TPSA) is 82.8 Å². The van der Waals surface area contributed by atoms with Crippen molar-refractivity contribution in [1.82, 2.24) is 14.6 Å². The number of hydrogen-bond donors (Lipinski definition) is 3. The molecule has 2 aromatic carbocycles. The van der Waals surface area contributed by atoms with Gasteiger partial charge in [0, 0.05) is 18.7 Å². The first kappa shape index (κ1) is 17.8. The molecule has 0 saturated carbocycles. The van der Waals surface area contributed by atoms with Gasteiger partial charge in [0.05, 0.1) is 42.2 Å². The SMILES string of the molecule is Cc1cc(O)ccc1-n1c(C)nc2ccc(NN3CCOCC3)c(CO)c21. The number of rotatable bonds is 4. The highest BCUT2D eigenvalue weighted by molar-refractivity contribution is 5.87. The monoisotopic (exact) mass is 368 g/mol. The van der Waals surface area contributed by atoms with Crippen LogP contribution in [0.5, 0.6) is 5.75 Å². The van der Waals surface area contributed by atoms with E-state index < -0.39 is 0 Å². The van der Waals surface area contributed by atoms with Crippen molar-refractivity contribution < 1.29 is 14.9 Å². The Morgan fingerprint density at radius 2 is 1.93 bits per heavy atom. The first-order chi connectivity index (χ1) is 13.1. The average molecular weight is 368 g/mol. The van der Waals surface area contributed by atoms with E-state index in [4.69, 9.17) is 4.74 Å². The number of anilines is 1. The van der Waals surface area contributed by atoms with E-state index in [1.54, 1.807) is 12.1 Å². The summed E-state index contributed by atoms with van der Waals surface area (Å²) in [5, 5.41) is 22.0. The summed E-state index contributed by atoms with van der Waals surface area (Å²) in [7, 11) is 0. The molecule has 0 atom stereocenters. The van der Waals surface area contributed by atoms with E-state index in [1.165, 1.54) is 0 Å². The van der Waals surface area contributed by atoms with Gasteiger partial charge in [0.15, 0.2) is 0 Å². The zero-order valence-electron chi connectivity index (χ0n) is 15.6. The number of aromatic nitrogens is 2. The molecule has 0 spiro atoms. The van der Waals surface area contributed by atoms with Crippen LogP contribution in [0, 0.1) is 13.8 Å². The molecule has 0 amide bonds. The van der Waals surface area contributed by atoms with Gasteiger partial charge in [-0.25, -0.2) is 9.99 Å². The Morgan fingerprint density at radius 1 is 1.15 bits per heavy atom. The molecule has 4 rings (SSSR count). The summed E-state index contributed by atoms with van der Waals surface area (Å²) in [6, 6.07) is 9.21. The van der Waals surface area contributed by atoms with E-state index in [9.17, 15) is 10.2 Å². The minimum absolute atomic E-state index is 0.105. The molecule has 1 fully saturated rings. The molecule has 0 bridgehead atoms. The van der Waals surface area contributed by atoms with Crippen LogP contribution < -0.4 is 5.43 Å². The number of hydrogen-bond acceptors (Lipinski definition) is 6. The number of morpholine rings is 1. The number of fused-ring (bicyclic) bond motifs is 1. The second-order valence-electron chi connectivity index (χ2n) is 6.79. The van der Waals surface area contributed by atoms with Gasteiger partial charge in [-0.05, 0) is 49.7 Å². The number of hydrazine groups is 1. The Bertz CT molecular complexity index is 977. The van der Waals surface area contributed by atoms with Crippen LogP contribution in [0.2, 0.25) is 0 Å². The van der Waals surface area contributed by atoms with Crippen LogP contribution >= 0.6 is 0 Å². The average Bonchev–Trinajstić information content (AvgIpc) is 2.99. The Hall–Kier alpha value is -2.61. The Balaban J connectivity index is 1.86. The highest BCUT2D eigenvalue weighted by atomic mass is 16.5. The molecule has 0 unspecified atom stereocenters. The number of aryl methyl sites for hydroxylation is 2. The van der Waals surface area contributed by atoms with Crippen molar-refractivity contribution in [2.75, 3.05) is 31.7 Å². The Labute approximate surface area is 157 Å². The Kier molecular flexibility index (Phi) is 4.73. The van der Waals surface area contributed by atoms with Crippen molar-refractivity contribution in [2.45, 2.75) is 20.5 Å². The first-order valence-electron chi connectivity index (χ1n) is 9.09. The zero-order valence-corrected chi connectivity index (χ0v) is 15.6. The summed E-state index contributed by atoms with van der Waals surface area (Å²) >= 11 is 0. The van der Waals surface area contributed by atoms with Crippen molar-refractivity contribution in [3.8, 4) is 11.4 Å². The van der Waals surface area contributed by atoms with Crippen molar-refractivity contribution in [1.29, 1.82) is 0 Å². The first-order valence-corrected chi connectivity index (χ1v) is 9.09. The van der Waals surface area contributed by atoms with E-state index in [-0.39, 0.29) is 12.4 Å². The number of phenols is 1. The maximum atomic E-state index is 10.2. The van der Waals surface area contributed by atoms with Gasteiger partial charge in [-0.1, -0.05) is 0 Å². The number of aliphatic hydroxyl groups excluding tert-OH is 1. The number of benzene rings is 2. The predicted molar refractivity (Wildman–Crippen MR) is 104 cm³/mol. The molecule has 142 valence electrons. The van der Waals surface area contributed by atoms with Crippen LogP contribution in [0.4, 0.5) is 5.69 Å². The fourth-order valence-corrected chi connectivity index (χ4v) is 3.65. The van der Waals surface area contributed by atoms with Gasteiger partial charge in [-0.2, -0.15) is 0 Å². The molecule has 1 aliphatic rings. The normalized spacial score (nSPS) is 15.4. The number of ether oxygens (including phenoxy) is 1. The molecule has 0 radical (unpaired) electrons. The fourth-order valence-electron chi connectivity index (χ4n) is 3.65.